The van der Waals surface area contributed by atoms with Gasteiger partial charge in [0.2, 0.25) is 0 Å². The minimum Gasteiger partial charge on any atom is -0.490 e. The van der Waals surface area contributed by atoms with Gasteiger partial charge < -0.3 is 19.4 Å². The van der Waals surface area contributed by atoms with Crippen molar-refractivity contribution in [2.45, 2.75) is 26.7 Å². The average molecular weight is 343 g/mol. The Morgan fingerprint density at radius 1 is 0.960 bits per heavy atom. The van der Waals surface area contributed by atoms with Gasteiger partial charge in [0.05, 0.1) is 12.8 Å². The molecule has 0 aliphatic heterocycles. The van der Waals surface area contributed by atoms with Crippen LogP contribution >= 0.6 is 0 Å². The number of rotatable bonds is 9. The second-order valence-corrected chi connectivity index (χ2v) is 5.77. The number of nitrogens with zero attached hydrogens (tertiary/aromatic N) is 1. The first-order valence-electron chi connectivity index (χ1n) is 8.44. The zero-order valence-electron chi connectivity index (χ0n) is 14.9. The molecule has 0 aliphatic carbocycles. The Hall–Kier alpha value is -2.69. The van der Waals surface area contributed by atoms with Gasteiger partial charge in [0.1, 0.15) is 19.0 Å². The molecule has 2 rings (SSSR count). The molecule has 0 fully saturated rings. The molecular formula is C20H25NO4. The van der Waals surface area contributed by atoms with Gasteiger partial charge in [-0.3, -0.25) is 0 Å². The third-order valence-corrected chi connectivity index (χ3v) is 3.61. The monoisotopic (exact) mass is 343 g/mol. The van der Waals surface area contributed by atoms with Gasteiger partial charge in [-0.15, -0.1) is 0 Å². The molecule has 0 aromatic heterocycles. The van der Waals surface area contributed by atoms with Crippen molar-refractivity contribution in [3.63, 3.8) is 0 Å². The number of ether oxygens (including phenoxy) is 3. The van der Waals surface area contributed by atoms with Crippen molar-refractivity contribution in [3.05, 3.63) is 53.6 Å². The minimum absolute atomic E-state index is 0.403. The van der Waals surface area contributed by atoms with Crippen LogP contribution in [-0.4, -0.2) is 31.2 Å². The van der Waals surface area contributed by atoms with Gasteiger partial charge in [-0.1, -0.05) is 37.2 Å². The Labute approximate surface area is 148 Å². The average Bonchev–Trinajstić information content (AvgIpc) is 2.61. The second kappa shape index (κ2) is 9.57. The molecule has 0 saturated carbocycles. The zero-order chi connectivity index (χ0) is 18.1. The lowest BCUT2D eigenvalue weighted by Crippen LogP contribution is -2.11. The Morgan fingerprint density at radius 3 is 2.36 bits per heavy atom. The van der Waals surface area contributed by atoms with Gasteiger partial charge >= 0.3 is 0 Å². The first-order valence-corrected chi connectivity index (χ1v) is 8.44. The SMILES string of the molecule is CCOc1cc(C=NO)ccc1OCCOc1ccccc1C(C)C. The topological polar surface area (TPSA) is 60.3 Å². The van der Waals surface area contributed by atoms with Crippen LogP contribution in [0.25, 0.3) is 0 Å². The van der Waals surface area contributed by atoms with E-state index in [1.54, 1.807) is 18.2 Å². The van der Waals surface area contributed by atoms with Crippen LogP contribution in [0.4, 0.5) is 0 Å². The maximum atomic E-state index is 8.63. The third-order valence-electron chi connectivity index (χ3n) is 3.61. The number of hydrogen-bond acceptors (Lipinski definition) is 5. The molecule has 0 radical (unpaired) electrons. The van der Waals surface area contributed by atoms with Gasteiger partial charge in [0.25, 0.3) is 0 Å². The van der Waals surface area contributed by atoms with Crippen LogP contribution in [0.1, 0.15) is 37.8 Å². The van der Waals surface area contributed by atoms with Crippen LogP contribution in [0, 0.1) is 0 Å². The standard InChI is InChI=1S/C20H25NO4/c1-4-23-20-13-16(14-21-22)9-10-19(20)25-12-11-24-18-8-6-5-7-17(18)15(2)3/h5-10,13-15,22H,4,11-12H2,1-3H3. The van der Waals surface area contributed by atoms with Crippen molar-refractivity contribution < 1.29 is 19.4 Å². The Balaban J connectivity index is 1.95. The van der Waals surface area contributed by atoms with Crippen molar-refractivity contribution >= 4 is 6.21 Å². The molecule has 5 nitrogen and oxygen atoms in total. The summed E-state index contributed by atoms with van der Waals surface area (Å²) in [5.74, 6) is 2.54. The first kappa shape index (κ1) is 18.6. The van der Waals surface area contributed by atoms with E-state index in [2.05, 4.69) is 25.1 Å². The van der Waals surface area contributed by atoms with E-state index in [1.807, 2.05) is 25.1 Å². The van der Waals surface area contributed by atoms with Crippen LogP contribution in [0.15, 0.2) is 47.6 Å². The highest BCUT2D eigenvalue weighted by molar-refractivity contribution is 5.80. The summed E-state index contributed by atoms with van der Waals surface area (Å²) in [5.41, 5.74) is 1.92. The Kier molecular flexibility index (Phi) is 7.14. The summed E-state index contributed by atoms with van der Waals surface area (Å²) in [6, 6.07) is 13.4. The summed E-state index contributed by atoms with van der Waals surface area (Å²) in [7, 11) is 0. The fourth-order valence-corrected chi connectivity index (χ4v) is 2.45. The molecule has 1 N–H and O–H groups in total. The summed E-state index contributed by atoms with van der Waals surface area (Å²) in [5, 5.41) is 11.7. The van der Waals surface area contributed by atoms with Crippen molar-refractivity contribution in [2.75, 3.05) is 19.8 Å². The van der Waals surface area contributed by atoms with E-state index in [0.29, 0.717) is 37.2 Å². The smallest absolute Gasteiger partial charge is 0.161 e. The van der Waals surface area contributed by atoms with Gasteiger partial charge in [0.15, 0.2) is 11.5 Å². The second-order valence-electron chi connectivity index (χ2n) is 5.77. The molecule has 2 aromatic rings. The van der Waals surface area contributed by atoms with E-state index < -0.39 is 0 Å². The molecule has 134 valence electrons. The maximum Gasteiger partial charge on any atom is 0.161 e. The van der Waals surface area contributed by atoms with Crippen molar-refractivity contribution in [1.29, 1.82) is 0 Å². The largest absolute Gasteiger partial charge is 0.490 e. The maximum absolute atomic E-state index is 8.63. The van der Waals surface area contributed by atoms with Crippen molar-refractivity contribution in [3.8, 4) is 17.2 Å². The Morgan fingerprint density at radius 2 is 1.68 bits per heavy atom. The van der Waals surface area contributed by atoms with Crippen LogP contribution in [-0.2, 0) is 0 Å². The lowest BCUT2D eigenvalue weighted by atomic mass is 10.0. The normalized spacial score (nSPS) is 11.0. The van der Waals surface area contributed by atoms with E-state index >= 15 is 0 Å². The third kappa shape index (κ3) is 5.41. The van der Waals surface area contributed by atoms with E-state index in [-0.39, 0.29) is 0 Å². The van der Waals surface area contributed by atoms with Crippen LogP contribution < -0.4 is 14.2 Å². The fourth-order valence-electron chi connectivity index (χ4n) is 2.45. The Bertz CT molecular complexity index is 698. The summed E-state index contributed by atoms with van der Waals surface area (Å²) in [6.07, 6.45) is 1.35. The highest BCUT2D eigenvalue weighted by Gasteiger charge is 2.08. The number of para-hydroxylation sites is 1. The van der Waals surface area contributed by atoms with Gasteiger partial charge in [0, 0.05) is 5.56 Å². The zero-order valence-corrected chi connectivity index (χ0v) is 14.9. The summed E-state index contributed by atoms with van der Waals surface area (Å²) < 4.78 is 17.2. The molecule has 0 amide bonds. The van der Waals surface area contributed by atoms with Crippen LogP contribution in [0.5, 0.6) is 17.2 Å². The van der Waals surface area contributed by atoms with Crippen LogP contribution in [0.3, 0.4) is 0 Å². The van der Waals surface area contributed by atoms with Crippen molar-refractivity contribution in [1.82, 2.24) is 0 Å². The molecule has 0 unspecified atom stereocenters. The van der Waals surface area contributed by atoms with Gasteiger partial charge in [-0.25, -0.2) is 0 Å². The van der Waals surface area contributed by atoms with Crippen molar-refractivity contribution in [2.24, 2.45) is 5.16 Å². The van der Waals surface area contributed by atoms with E-state index in [0.717, 1.165) is 11.3 Å². The van der Waals surface area contributed by atoms with Gasteiger partial charge in [-0.2, -0.15) is 0 Å². The lowest BCUT2D eigenvalue weighted by Gasteiger charge is -2.15. The minimum atomic E-state index is 0.403. The summed E-state index contributed by atoms with van der Waals surface area (Å²) in [4.78, 5) is 0. The molecule has 0 heterocycles. The summed E-state index contributed by atoms with van der Waals surface area (Å²) in [6.45, 7) is 7.56. The van der Waals surface area contributed by atoms with E-state index in [1.165, 1.54) is 11.8 Å². The molecule has 0 aliphatic rings. The lowest BCUT2D eigenvalue weighted by molar-refractivity contribution is 0.207. The van der Waals surface area contributed by atoms with Gasteiger partial charge in [-0.05, 0) is 42.7 Å². The number of oxime groups is 1. The molecule has 0 bridgehead atoms. The molecule has 25 heavy (non-hydrogen) atoms. The quantitative estimate of drug-likeness (QED) is 0.316. The molecular weight excluding hydrogens is 318 g/mol. The molecule has 2 aromatic carbocycles. The fraction of sp³-hybridized carbons (Fsp3) is 0.350. The highest BCUT2D eigenvalue weighted by Crippen LogP contribution is 2.29. The van der Waals surface area contributed by atoms with E-state index in [4.69, 9.17) is 19.4 Å². The molecule has 5 heteroatoms. The molecule has 0 spiro atoms. The predicted molar refractivity (Wildman–Crippen MR) is 98.5 cm³/mol. The number of benzene rings is 2. The molecule has 0 atom stereocenters. The first-order chi connectivity index (χ1) is 12.2. The molecule has 0 saturated heterocycles. The van der Waals surface area contributed by atoms with E-state index in [9.17, 15) is 0 Å². The number of hydrogen-bond donors (Lipinski definition) is 1. The van der Waals surface area contributed by atoms with Crippen LogP contribution in [0.2, 0.25) is 0 Å². The summed E-state index contributed by atoms with van der Waals surface area (Å²) >= 11 is 0. The highest BCUT2D eigenvalue weighted by atomic mass is 16.5. The predicted octanol–water partition coefficient (Wildman–Crippen LogP) is 4.47.